The average Bonchev–Trinajstić information content (AvgIpc) is 3.22. The second-order valence-electron chi connectivity index (χ2n) is 9.17. The van der Waals surface area contributed by atoms with E-state index >= 15 is 0 Å². The van der Waals surface area contributed by atoms with Crippen molar-refractivity contribution in [3.63, 3.8) is 0 Å². The predicted octanol–water partition coefficient (Wildman–Crippen LogP) is 3.55. The summed E-state index contributed by atoms with van der Waals surface area (Å²) in [6, 6.07) is 7.50. The molecule has 1 saturated heterocycles. The van der Waals surface area contributed by atoms with Crippen LogP contribution in [0.4, 0.5) is 5.00 Å². The van der Waals surface area contributed by atoms with Gasteiger partial charge in [0.2, 0.25) is 5.91 Å². The van der Waals surface area contributed by atoms with Crippen molar-refractivity contribution >= 4 is 28.2 Å². The van der Waals surface area contributed by atoms with Crippen LogP contribution < -0.4 is 14.8 Å². The zero-order valence-corrected chi connectivity index (χ0v) is 21.4. The van der Waals surface area contributed by atoms with E-state index in [0.717, 1.165) is 24.8 Å². The van der Waals surface area contributed by atoms with Gasteiger partial charge in [0, 0.05) is 49.6 Å². The maximum atomic E-state index is 12.9. The van der Waals surface area contributed by atoms with Gasteiger partial charge in [-0.25, -0.2) is 0 Å². The number of nitriles is 1. The lowest BCUT2D eigenvalue weighted by atomic mass is 9.89. The van der Waals surface area contributed by atoms with E-state index in [1.807, 2.05) is 4.90 Å². The molecule has 1 unspecified atom stereocenters. The molecule has 186 valence electrons. The van der Waals surface area contributed by atoms with Crippen LogP contribution in [0.5, 0.6) is 11.5 Å². The molecule has 1 atom stereocenters. The number of benzene rings is 1. The van der Waals surface area contributed by atoms with Crippen LogP contribution in [0.1, 0.15) is 46.1 Å². The lowest BCUT2D eigenvalue weighted by Gasteiger charge is -2.34. The van der Waals surface area contributed by atoms with Crippen molar-refractivity contribution in [2.45, 2.75) is 32.6 Å². The standard InChI is InChI=1S/C26H32N4O4S/c1-17-4-6-19-20(16-27)25(35-23(19)14-17)28-24(31)8-9-29-10-12-30(13-11-29)26(32)18-5-7-21(33-2)22(15-18)34-3/h5,7,15,17H,4,6,8-14H2,1-3H3,(H,28,31). The molecule has 2 heterocycles. The van der Waals surface area contributed by atoms with E-state index in [1.54, 1.807) is 43.8 Å². The minimum Gasteiger partial charge on any atom is -0.493 e. The lowest BCUT2D eigenvalue weighted by molar-refractivity contribution is -0.116. The van der Waals surface area contributed by atoms with Crippen molar-refractivity contribution < 1.29 is 19.1 Å². The molecule has 0 saturated carbocycles. The molecule has 4 rings (SSSR count). The molecule has 35 heavy (non-hydrogen) atoms. The summed E-state index contributed by atoms with van der Waals surface area (Å²) < 4.78 is 10.6. The van der Waals surface area contributed by atoms with Crippen molar-refractivity contribution in [1.82, 2.24) is 9.80 Å². The summed E-state index contributed by atoms with van der Waals surface area (Å²) in [7, 11) is 3.12. The first-order valence-electron chi connectivity index (χ1n) is 12.0. The van der Waals surface area contributed by atoms with E-state index in [9.17, 15) is 14.9 Å². The Morgan fingerprint density at radius 1 is 1.17 bits per heavy atom. The fourth-order valence-corrected chi connectivity index (χ4v) is 6.11. The third-order valence-corrected chi connectivity index (χ3v) is 7.99. The lowest BCUT2D eigenvalue weighted by Crippen LogP contribution is -2.49. The summed E-state index contributed by atoms with van der Waals surface area (Å²) in [6.45, 7) is 5.47. The zero-order valence-electron chi connectivity index (χ0n) is 20.6. The minimum atomic E-state index is -0.0722. The van der Waals surface area contributed by atoms with Gasteiger partial charge in [-0.05, 0) is 48.9 Å². The van der Waals surface area contributed by atoms with Gasteiger partial charge in [-0.15, -0.1) is 11.3 Å². The van der Waals surface area contributed by atoms with E-state index < -0.39 is 0 Å². The molecule has 1 aliphatic heterocycles. The smallest absolute Gasteiger partial charge is 0.254 e. The number of piperazine rings is 1. The number of fused-ring (bicyclic) bond motifs is 1. The predicted molar refractivity (Wildman–Crippen MR) is 135 cm³/mol. The fourth-order valence-electron chi connectivity index (χ4n) is 4.73. The van der Waals surface area contributed by atoms with E-state index in [1.165, 1.54) is 4.88 Å². The first-order valence-corrected chi connectivity index (χ1v) is 12.8. The number of hydrogen-bond donors (Lipinski definition) is 1. The monoisotopic (exact) mass is 496 g/mol. The van der Waals surface area contributed by atoms with Crippen LogP contribution >= 0.6 is 11.3 Å². The first-order chi connectivity index (χ1) is 16.9. The van der Waals surface area contributed by atoms with E-state index in [0.29, 0.717) is 72.7 Å². The molecule has 0 radical (unpaired) electrons. The highest BCUT2D eigenvalue weighted by Gasteiger charge is 2.26. The fraction of sp³-hybridized carbons (Fsp3) is 0.500. The minimum absolute atomic E-state index is 0.0386. The number of amides is 2. The maximum absolute atomic E-state index is 12.9. The first kappa shape index (κ1) is 25.0. The molecule has 1 fully saturated rings. The van der Waals surface area contributed by atoms with E-state index in [4.69, 9.17) is 9.47 Å². The third kappa shape index (κ3) is 5.60. The Labute approximate surface area is 210 Å². The van der Waals surface area contributed by atoms with Crippen LogP contribution in [0.25, 0.3) is 0 Å². The van der Waals surface area contributed by atoms with Crippen LogP contribution in [-0.4, -0.2) is 68.6 Å². The molecular weight excluding hydrogens is 464 g/mol. The van der Waals surface area contributed by atoms with Crippen LogP contribution in [0.3, 0.4) is 0 Å². The van der Waals surface area contributed by atoms with E-state index in [-0.39, 0.29) is 11.8 Å². The highest BCUT2D eigenvalue weighted by atomic mass is 32.1. The number of ether oxygens (including phenoxy) is 2. The quantitative estimate of drug-likeness (QED) is 0.630. The molecular formula is C26H32N4O4S. The summed E-state index contributed by atoms with van der Waals surface area (Å²) in [6.07, 6.45) is 3.34. The van der Waals surface area contributed by atoms with Gasteiger partial charge >= 0.3 is 0 Å². The van der Waals surface area contributed by atoms with Crippen molar-refractivity contribution in [3.8, 4) is 17.6 Å². The number of rotatable bonds is 7. The summed E-state index contributed by atoms with van der Waals surface area (Å²) in [5.41, 5.74) is 2.34. The molecule has 2 amide bonds. The van der Waals surface area contributed by atoms with Gasteiger partial charge in [0.15, 0.2) is 11.5 Å². The summed E-state index contributed by atoms with van der Waals surface area (Å²) in [5, 5.41) is 13.3. The molecule has 9 heteroatoms. The highest BCUT2D eigenvalue weighted by molar-refractivity contribution is 7.16. The van der Waals surface area contributed by atoms with Crippen molar-refractivity contribution in [2.75, 3.05) is 52.3 Å². The molecule has 2 aliphatic rings. The molecule has 0 bridgehead atoms. The Hall–Kier alpha value is -3.09. The molecule has 0 spiro atoms. The Kier molecular flexibility index (Phi) is 7.93. The molecule has 1 aromatic carbocycles. The van der Waals surface area contributed by atoms with Gasteiger partial charge < -0.3 is 19.7 Å². The molecule has 1 N–H and O–H groups in total. The van der Waals surface area contributed by atoms with Gasteiger partial charge in [0.1, 0.15) is 11.1 Å². The Bertz CT molecular complexity index is 1130. The normalized spacial score (nSPS) is 17.9. The second kappa shape index (κ2) is 11.1. The Morgan fingerprint density at radius 3 is 2.60 bits per heavy atom. The molecule has 8 nitrogen and oxygen atoms in total. The third-order valence-electron chi connectivity index (χ3n) is 6.82. The molecule has 1 aliphatic carbocycles. The SMILES string of the molecule is COc1ccc(C(=O)N2CCN(CCC(=O)Nc3sc4c(c3C#N)CCC(C)C4)CC2)cc1OC. The number of carbonyl (C=O) groups is 2. The number of carbonyl (C=O) groups excluding carboxylic acids is 2. The topological polar surface area (TPSA) is 94.9 Å². The van der Waals surface area contributed by atoms with Gasteiger partial charge in [-0.1, -0.05) is 6.92 Å². The number of methoxy groups -OCH3 is 2. The van der Waals surface area contributed by atoms with Crippen molar-refractivity contribution in [2.24, 2.45) is 5.92 Å². The molecule has 2 aromatic rings. The summed E-state index contributed by atoms with van der Waals surface area (Å²) >= 11 is 1.56. The average molecular weight is 497 g/mol. The van der Waals surface area contributed by atoms with E-state index in [2.05, 4.69) is 23.2 Å². The largest absolute Gasteiger partial charge is 0.493 e. The Morgan fingerprint density at radius 2 is 1.91 bits per heavy atom. The number of hydrogen-bond acceptors (Lipinski definition) is 7. The van der Waals surface area contributed by atoms with Gasteiger partial charge in [-0.3, -0.25) is 14.5 Å². The van der Waals surface area contributed by atoms with Gasteiger partial charge in [-0.2, -0.15) is 5.26 Å². The zero-order chi connectivity index (χ0) is 24.9. The molecule has 1 aromatic heterocycles. The summed E-state index contributed by atoms with van der Waals surface area (Å²) in [4.78, 5) is 30.8. The van der Waals surface area contributed by atoms with Gasteiger partial charge in [0.05, 0.1) is 19.8 Å². The van der Waals surface area contributed by atoms with Crippen molar-refractivity contribution in [3.05, 3.63) is 39.8 Å². The van der Waals surface area contributed by atoms with Gasteiger partial charge in [0.25, 0.3) is 5.91 Å². The van der Waals surface area contributed by atoms with Crippen molar-refractivity contribution in [1.29, 1.82) is 5.26 Å². The maximum Gasteiger partial charge on any atom is 0.254 e. The van der Waals surface area contributed by atoms with Crippen LogP contribution in [0.15, 0.2) is 18.2 Å². The number of thiophene rings is 1. The summed E-state index contributed by atoms with van der Waals surface area (Å²) in [5.74, 6) is 1.63. The van der Waals surface area contributed by atoms with Crippen LogP contribution in [0, 0.1) is 17.2 Å². The van der Waals surface area contributed by atoms with Crippen LogP contribution in [-0.2, 0) is 17.6 Å². The number of nitrogens with one attached hydrogen (secondary N) is 1. The second-order valence-corrected chi connectivity index (χ2v) is 10.3. The Balaban J connectivity index is 1.27. The number of nitrogens with zero attached hydrogens (tertiary/aromatic N) is 3. The highest BCUT2D eigenvalue weighted by Crippen LogP contribution is 2.39. The van der Waals surface area contributed by atoms with Crippen LogP contribution in [0.2, 0.25) is 0 Å². The number of anilines is 1.